The molecule has 1 aliphatic heterocycles. The molecule has 156 valence electrons. The van der Waals surface area contributed by atoms with Crippen LogP contribution in [0.15, 0.2) is 60.7 Å². The molecule has 1 N–H and O–H groups in total. The quantitative estimate of drug-likeness (QED) is 0.643. The van der Waals surface area contributed by atoms with Gasteiger partial charge in [-0.3, -0.25) is 4.79 Å². The molecule has 6 nitrogen and oxygen atoms in total. The van der Waals surface area contributed by atoms with Crippen molar-refractivity contribution in [2.24, 2.45) is 0 Å². The van der Waals surface area contributed by atoms with Gasteiger partial charge in [0.25, 0.3) is 0 Å². The van der Waals surface area contributed by atoms with Crippen molar-refractivity contribution in [3.63, 3.8) is 0 Å². The number of benzene rings is 2. The summed E-state index contributed by atoms with van der Waals surface area (Å²) in [5.74, 6) is -0.326. The molecular formula is C22H23N3O3S2. The third kappa shape index (κ3) is 4.45. The van der Waals surface area contributed by atoms with Crippen LogP contribution in [-0.2, 0) is 14.8 Å². The maximum atomic E-state index is 13.0. The number of aromatic nitrogens is 1. The maximum absolute atomic E-state index is 13.0. The molecule has 1 amide bonds. The number of piperidine rings is 1. The van der Waals surface area contributed by atoms with Crippen LogP contribution >= 0.6 is 11.3 Å². The Morgan fingerprint density at radius 3 is 2.30 bits per heavy atom. The van der Waals surface area contributed by atoms with E-state index in [0.29, 0.717) is 18.1 Å². The highest BCUT2D eigenvalue weighted by Crippen LogP contribution is 2.39. The van der Waals surface area contributed by atoms with E-state index in [1.54, 1.807) is 0 Å². The molecular weight excluding hydrogens is 418 g/mol. The number of amides is 1. The number of thiazole rings is 1. The lowest BCUT2D eigenvalue weighted by atomic mass is 10.0. The number of carbonyl (C=O) groups excluding carboxylic acids is 1. The zero-order chi connectivity index (χ0) is 21.1. The Morgan fingerprint density at radius 2 is 1.67 bits per heavy atom. The van der Waals surface area contributed by atoms with Crippen LogP contribution in [-0.4, -0.2) is 42.5 Å². The topological polar surface area (TPSA) is 79.4 Å². The summed E-state index contributed by atoms with van der Waals surface area (Å²) in [6.07, 6.45) is 3.27. The minimum absolute atomic E-state index is 0.326. The molecule has 30 heavy (non-hydrogen) atoms. The third-order valence-electron chi connectivity index (χ3n) is 5.12. The van der Waals surface area contributed by atoms with E-state index >= 15 is 0 Å². The summed E-state index contributed by atoms with van der Waals surface area (Å²) in [6.45, 7) is 0.374. The van der Waals surface area contributed by atoms with Crippen molar-refractivity contribution in [2.75, 3.05) is 18.1 Å². The lowest BCUT2D eigenvalue weighted by Gasteiger charge is -2.32. The van der Waals surface area contributed by atoms with Crippen molar-refractivity contribution in [3.05, 3.63) is 60.7 Å². The van der Waals surface area contributed by atoms with E-state index in [2.05, 4.69) is 5.32 Å². The van der Waals surface area contributed by atoms with Crippen molar-refractivity contribution >= 4 is 32.4 Å². The van der Waals surface area contributed by atoms with Gasteiger partial charge in [0.15, 0.2) is 5.13 Å². The van der Waals surface area contributed by atoms with E-state index in [-0.39, 0.29) is 5.91 Å². The van der Waals surface area contributed by atoms with E-state index in [1.807, 2.05) is 60.7 Å². The van der Waals surface area contributed by atoms with Crippen LogP contribution in [0.25, 0.3) is 21.7 Å². The number of hydrogen-bond donors (Lipinski definition) is 1. The molecule has 2 aromatic carbocycles. The molecule has 1 unspecified atom stereocenters. The zero-order valence-corrected chi connectivity index (χ0v) is 18.2. The molecule has 1 aliphatic rings. The largest absolute Gasteiger partial charge is 0.301 e. The minimum atomic E-state index is -3.45. The van der Waals surface area contributed by atoms with E-state index in [9.17, 15) is 13.2 Å². The zero-order valence-electron chi connectivity index (χ0n) is 16.6. The number of hydrogen-bond acceptors (Lipinski definition) is 5. The predicted octanol–water partition coefficient (Wildman–Crippen LogP) is 4.23. The molecule has 0 saturated carbocycles. The van der Waals surface area contributed by atoms with Gasteiger partial charge in [0.05, 0.1) is 16.8 Å². The van der Waals surface area contributed by atoms with Gasteiger partial charge in [0, 0.05) is 12.1 Å². The Bertz CT molecular complexity index is 1070. The molecule has 3 aromatic rings. The normalized spacial score (nSPS) is 17.6. The van der Waals surface area contributed by atoms with Gasteiger partial charge in [-0.1, -0.05) is 78.4 Å². The molecule has 0 spiro atoms. The number of nitrogens with zero attached hydrogens (tertiary/aromatic N) is 2. The summed E-state index contributed by atoms with van der Waals surface area (Å²) in [5.41, 5.74) is 2.78. The highest BCUT2D eigenvalue weighted by molar-refractivity contribution is 7.88. The molecule has 0 aliphatic carbocycles. The van der Waals surface area contributed by atoms with Crippen LogP contribution in [0, 0.1) is 0 Å². The molecule has 1 aromatic heterocycles. The van der Waals surface area contributed by atoms with Crippen LogP contribution in [0.3, 0.4) is 0 Å². The van der Waals surface area contributed by atoms with Crippen LogP contribution in [0.1, 0.15) is 19.3 Å². The van der Waals surface area contributed by atoms with Gasteiger partial charge in [-0.05, 0) is 18.4 Å². The maximum Gasteiger partial charge on any atom is 0.244 e. The van der Waals surface area contributed by atoms with E-state index in [1.165, 1.54) is 15.6 Å². The van der Waals surface area contributed by atoms with Crippen LogP contribution in [0.2, 0.25) is 0 Å². The molecule has 0 bridgehead atoms. The number of anilines is 1. The SMILES string of the molecule is CS(=O)(=O)N1CCCCC1C(=O)Nc1nc(-c2ccccc2)c(-c2ccccc2)s1. The Balaban J connectivity index is 1.66. The molecule has 1 atom stereocenters. The van der Waals surface area contributed by atoms with Crippen molar-refractivity contribution in [3.8, 4) is 21.7 Å². The first-order chi connectivity index (χ1) is 14.4. The predicted molar refractivity (Wildman–Crippen MR) is 121 cm³/mol. The molecule has 4 rings (SSSR count). The minimum Gasteiger partial charge on any atom is -0.301 e. The summed E-state index contributed by atoms with van der Waals surface area (Å²) in [4.78, 5) is 18.6. The van der Waals surface area contributed by atoms with Crippen molar-refractivity contribution in [1.82, 2.24) is 9.29 Å². The third-order valence-corrected chi connectivity index (χ3v) is 7.43. The summed E-state index contributed by atoms with van der Waals surface area (Å²) in [6, 6.07) is 19.0. The fourth-order valence-electron chi connectivity index (χ4n) is 3.70. The molecule has 1 saturated heterocycles. The summed E-state index contributed by atoms with van der Waals surface area (Å²) < 4.78 is 25.5. The lowest BCUT2D eigenvalue weighted by molar-refractivity contribution is -0.120. The Hall–Kier alpha value is -2.55. The molecule has 8 heteroatoms. The Kier molecular flexibility index (Phi) is 5.99. The summed E-state index contributed by atoms with van der Waals surface area (Å²) >= 11 is 1.40. The highest BCUT2D eigenvalue weighted by Gasteiger charge is 2.35. The molecule has 2 heterocycles. The van der Waals surface area contributed by atoms with Gasteiger partial charge in [-0.15, -0.1) is 0 Å². The van der Waals surface area contributed by atoms with E-state index in [0.717, 1.165) is 40.8 Å². The van der Waals surface area contributed by atoms with E-state index < -0.39 is 16.1 Å². The van der Waals surface area contributed by atoms with Crippen molar-refractivity contribution in [2.45, 2.75) is 25.3 Å². The van der Waals surface area contributed by atoms with Crippen LogP contribution in [0.5, 0.6) is 0 Å². The van der Waals surface area contributed by atoms with Gasteiger partial charge in [-0.2, -0.15) is 4.31 Å². The second kappa shape index (κ2) is 8.67. The van der Waals surface area contributed by atoms with Crippen LogP contribution in [0.4, 0.5) is 5.13 Å². The first-order valence-electron chi connectivity index (χ1n) is 9.83. The van der Waals surface area contributed by atoms with Gasteiger partial charge in [0.2, 0.25) is 15.9 Å². The van der Waals surface area contributed by atoms with E-state index in [4.69, 9.17) is 4.98 Å². The average Bonchev–Trinajstić information content (AvgIpc) is 3.18. The summed E-state index contributed by atoms with van der Waals surface area (Å²) in [5, 5.41) is 3.35. The number of nitrogens with one attached hydrogen (secondary N) is 1. The van der Waals surface area contributed by atoms with Crippen molar-refractivity contribution < 1.29 is 13.2 Å². The fraction of sp³-hybridized carbons (Fsp3) is 0.273. The number of carbonyl (C=O) groups is 1. The monoisotopic (exact) mass is 441 g/mol. The van der Waals surface area contributed by atoms with Crippen LogP contribution < -0.4 is 5.32 Å². The summed E-state index contributed by atoms with van der Waals surface area (Å²) in [7, 11) is -3.45. The van der Waals surface area contributed by atoms with Gasteiger partial charge < -0.3 is 5.32 Å². The van der Waals surface area contributed by atoms with Gasteiger partial charge in [0.1, 0.15) is 6.04 Å². The van der Waals surface area contributed by atoms with Crippen molar-refractivity contribution in [1.29, 1.82) is 0 Å². The lowest BCUT2D eigenvalue weighted by Crippen LogP contribution is -2.49. The standard InChI is InChI=1S/C22H23N3O3S2/c1-30(27,28)25-15-9-8-14-18(25)21(26)24-22-23-19(16-10-4-2-5-11-16)20(29-22)17-12-6-3-7-13-17/h2-7,10-13,18H,8-9,14-15H2,1H3,(H,23,24,26). The second-order valence-corrected chi connectivity index (χ2v) is 10.2. The first-order valence-corrected chi connectivity index (χ1v) is 12.5. The smallest absolute Gasteiger partial charge is 0.244 e. The molecule has 1 fully saturated rings. The molecule has 0 radical (unpaired) electrons. The highest BCUT2D eigenvalue weighted by atomic mass is 32.2. The Labute approximate surface area is 180 Å². The second-order valence-electron chi connectivity index (χ2n) is 7.30. The van der Waals surface area contributed by atoms with Gasteiger partial charge >= 0.3 is 0 Å². The first kappa shape index (κ1) is 20.7. The average molecular weight is 442 g/mol. The van der Waals surface area contributed by atoms with Gasteiger partial charge in [-0.25, -0.2) is 13.4 Å². The number of rotatable bonds is 5. The fourth-order valence-corrected chi connectivity index (χ4v) is 5.82. The number of sulfonamides is 1. The Morgan fingerprint density at radius 1 is 1.03 bits per heavy atom.